The quantitative estimate of drug-likeness (QED) is 0.521. The molecule has 0 fully saturated rings. The fourth-order valence-corrected chi connectivity index (χ4v) is 2.05. The number of nitrogens with zero attached hydrogens (tertiary/aromatic N) is 2. The standard InChI is InChI=1S/C12H22N4OS/c1-5-12(6-2,8-17)16-10-7-9(13-3)14-11(15-10)18-4/h7,17H,5-6,8H2,1-4H3,(H2,13,14,15,16). The minimum atomic E-state index is -0.310. The highest BCUT2D eigenvalue weighted by Crippen LogP contribution is 2.23. The minimum Gasteiger partial charge on any atom is -0.394 e. The number of rotatable bonds is 7. The van der Waals surface area contributed by atoms with Gasteiger partial charge in [-0.05, 0) is 19.1 Å². The van der Waals surface area contributed by atoms with Gasteiger partial charge in [-0.2, -0.15) is 0 Å². The molecule has 0 saturated heterocycles. The number of aliphatic hydroxyl groups is 1. The second-order valence-electron chi connectivity index (χ2n) is 4.15. The molecular weight excluding hydrogens is 248 g/mol. The molecule has 3 N–H and O–H groups in total. The topological polar surface area (TPSA) is 70.1 Å². The van der Waals surface area contributed by atoms with E-state index >= 15 is 0 Å². The molecular formula is C12H22N4OS. The summed E-state index contributed by atoms with van der Waals surface area (Å²) >= 11 is 1.50. The average Bonchev–Trinajstić information content (AvgIpc) is 2.44. The molecule has 0 aliphatic rings. The molecule has 1 aromatic rings. The Kier molecular flexibility index (Phi) is 5.68. The summed E-state index contributed by atoms with van der Waals surface area (Å²) in [6.45, 7) is 4.21. The first kappa shape index (κ1) is 15.0. The monoisotopic (exact) mass is 270 g/mol. The van der Waals surface area contributed by atoms with Crippen LogP contribution in [-0.4, -0.2) is 40.5 Å². The highest BCUT2D eigenvalue weighted by molar-refractivity contribution is 7.98. The van der Waals surface area contributed by atoms with Crippen LogP contribution in [0, 0.1) is 0 Å². The molecule has 18 heavy (non-hydrogen) atoms. The molecule has 6 heteroatoms. The van der Waals surface area contributed by atoms with Crippen LogP contribution in [0.2, 0.25) is 0 Å². The van der Waals surface area contributed by atoms with Crippen molar-refractivity contribution in [1.29, 1.82) is 0 Å². The molecule has 0 atom stereocenters. The van der Waals surface area contributed by atoms with Gasteiger partial charge < -0.3 is 15.7 Å². The number of aliphatic hydroxyl groups excluding tert-OH is 1. The van der Waals surface area contributed by atoms with E-state index in [4.69, 9.17) is 0 Å². The Bertz CT molecular complexity index is 352. The molecule has 0 radical (unpaired) electrons. The zero-order chi connectivity index (χ0) is 13.6. The summed E-state index contributed by atoms with van der Waals surface area (Å²) < 4.78 is 0. The fraction of sp³-hybridized carbons (Fsp3) is 0.667. The van der Waals surface area contributed by atoms with Crippen molar-refractivity contribution in [3.05, 3.63) is 6.07 Å². The van der Waals surface area contributed by atoms with Crippen molar-refractivity contribution < 1.29 is 5.11 Å². The predicted molar refractivity (Wildman–Crippen MR) is 77.4 cm³/mol. The van der Waals surface area contributed by atoms with Crippen LogP contribution in [0.5, 0.6) is 0 Å². The highest BCUT2D eigenvalue weighted by atomic mass is 32.2. The maximum absolute atomic E-state index is 9.56. The van der Waals surface area contributed by atoms with Crippen LogP contribution >= 0.6 is 11.8 Å². The van der Waals surface area contributed by atoms with Crippen molar-refractivity contribution in [2.24, 2.45) is 0 Å². The molecule has 1 heterocycles. The summed E-state index contributed by atoms with van der Waals surface area (Å²) in [5, 5.41) is 16.6. The van der Waals surface area contributed by atoms with Crippen LogP contribution in [0.4, 0.5) is 11.6 Å². The van der Waals surface area contributed by atoms with Gasteiger partial charge in [-0.3, -0.25) is 0 Å². The highest BCUT2D eigenvalue weighted by Gasteiger charge is 2.25. The van der Waals surface area contributed by atoms with Crippen LogP contribution in [-0.2, 0) is 0 Å². The molecule has 0 saturated carbocycles. The summed E-state index contributed by atoms with van der Waals surface area (Å²) in [5.74, 6) is 1.52. The number of anilines is 2. The zero-order valence-electron chi connectivity index (χ0n) is 11.4. The van der Waals surface area contributed by atoms with Crippen LogP contribution in [0.15, 0.2) is 11.2 Å². The van der Waals surface area contributed by atoms with Crippen molar-refractivity contribution in [3.8, 4) is 0 Å². The first-order chi connectivity index (χ1) is 8.62. The summed E-state index contributed by atoms with van der Waals surface area (Å²) in [4.78, 5) is 8.73. The summed E-state index contributed by atoms with van der Waals surface area (Å²) in [5.41, 5.74) is -0.310. The normalized spacial score (nSPS) is 11.4. The lowest BCUT2D eigenvalue weighted by Crippen LogP contribution is -2.41. The Morgan fingerprint density at radius 1 is 1.28 bits per heavy atom. The number of thioether (sulfide) groups is 1. The Hall–Kier alpha value is -1.01. The molecule has 0 unspecified atom stereocenters. The number of hydrogen-bond acceptors (Lipinski definition) is 6. The molecule has 102 valence electrons. The van der Waals surface area contributed by atoms with Crippen molar-refractivity contribution >= 4 is 23.4 Å². The third-order valence-electron chi connectivity index (χ3n) is 3.19. The van der Waals surface area contributed by atoms with E-state index in [-0.39, 0.29) is 12.1 Å². The molecule has 1 aromatic heterocycles. The molecule has 0 aliphatic carbocycles. The molecule has 5 nitrogen and oxygen atoms in total. The van der Waals surface area contributed by atoms with Gasteiger partial charge in [0.1, 0.15) is 11.6 Å². The third kappa shape index (κ3) is 3.49. The van der Waals surface area contributed by atoms with E-state index < -0.39 is 0 Å². The van der Waals surface area contributed by atoms with Gasteiger partial charge in [-0.1, -0.05) is 25.6 Å². The van der Waals surface area contributed by atoms with Gasteiger partial charge in [-0.25, -0.2) is 9.97 Å². The van der Waals surface area contributed by atoms with E-state index in [1.54, 1.807) is 0 Å². The summed E-state index contributed by atoms with van der Waals surface area (Å²) in [6, 6.07) is 1.86. The van der Waals surface area contributed by atoms with Crippen molar-refractivity contribution in [2.45, 2.75) is 37.4 Å². The Morgan fingerprint density at radius 3 is 2.33 bits per heavy atom. The Balaban J connectivity index is 3.01. The Morgan fingerprint density at radius 2 is 1.89 bits per heavy atom. The van der Waals surface area contributed by atoms with Crippen molar-refractivity contribution in [1.82, 2.24) is 9.97 Å². The second-order valence-corrected chi connectivity index (χ2v) is 4.92. The molecule has 0 aliphatic heterocycles. The third-order valence-corrected chi connectivity index (χ3v) is 3.74. The van der Waals surface area contributed by atoms with E-state index in [9.17, 15) is 5.11 Å². The van der Waals surface area contributed by atoms with E-state index in [0.29, 0.717) is 5.16 Å². The predicted octanol–water partition coefficient (Wildman–Crippen LogP) is 2.20. The van der Waals surface area contributed by atoms with Gasteiger partial charge in [0.05, 0.1) is 12.1 Å². The number of aromatic nitrogens is 2. The second kappa shape index (κ2) is 6.80. The van der Waals surface area contributed by atoms with E-state index in [2.05, 4.69) is 34.4 Å². The summed E-state index contributed by atoms with van der Waals surface area (Å²) in [7, 11) is 1.83. The Labute approximate surface area is 113 Å². The van der Waals surface area contributed by atoms with Crippen molar-refractivity contribution in [2.75, 3.05) is 30.5 Å². The van der Waals surface area contributed by atoms with Crippen molar-refractivity contribution in [3.63, 3.8) is 0 Å². The first-order valence-electron chi connectivity index (χ1n) is 6.13. The number of hydrogen-bond donors (Lipinski definition) is 3. The van der Waals surface area contributed by atoms with E-state index in [1.807, 2.05) is 19.4 Å². The molecule has 0 amide bonds. The first-order valence-corrected chi connectivity index (χ1v) is 7.35. The lowest BCUT2D eigenvalue weighted by Gasteiger charge is -2.31. The van der Waals surface area contributed by atoms with Gasteiger partial charge >= 0.3 is 0 Å². The molecule has 0 bridgehead atoms. The van der Waals surface area contributed by atoms with E-state index in [0.717, 1.165) is 24.5 Å². The SMILES string of the molecule is CCC(CC)(CO)Nc1cc(NC)nc(SC)n1. The zero-order valence-corrected chi connectivity index (χ0v) is 12.3. The van der Waals surface area contributed by atoms with Crippen LogP contribution < -0.4 is 10.6 Å². The molecule has 0 spiro atoms. The maximum atomic E-state index is 9.56. The molecule has 1 rings (SSSR count). The minimum absolute atomic E-state index is 0.0908. The van der Waals surface area contributed by atoms with Gasteiger partial charge in [0.15, 0.2) is 5.16 Å². The van der Waals surface area contributed by atoms with Gasteiger partial charge in [0, 0.05) is 13.1 Å². The molecule has 0 aromatic carbocycles. The van der Waals surface area contributed by atoms with Crippen LogP contribution in [0.25, 0.3) is 0 Å². The smallest absolute Gasteiger partial charge is 0.191 e. The fourth-order valence-electron chi connectivity index (χ4n) is 1.67. The lowest BCUT2D eigenvalue weighted by molar-refractivity contribution is 0.202. The van der Waals surface area contributed by atoms with Gasteiger partial charge in [0.25, 0.3) is 0 Å². The maximum Gasteiger partial charge on any atom is 0.191 e. The number of nitrogens with one attached hydrogen (secondary N) is 2. The van der Waals surface area contributed by atoms with E-state index in [1.165, 1.54) is 11.8 Å². The van der Waals surface area contributed by atoms with Gasteiger partial charge in [-0.15, -0.1) is 0 Å². The lowest BCUT2D eigenvalue weighted by atomic mass is 9.94. The van der Waals surface area contributed by atoms with Crippen LogP contribution in [0.1, 0.15) is 26.7 Å². The summed E-state index contributed by atoms with van der Waals surface area (Å²) in [6.07, 6.45) is 3.62. The van der Waals surface area contributed by atoms with Gasteiger partial charge in [0.2, 0.25) is 0 Å². The van der Waals surface area contributed by atoms with Crippen LogP contribution in [0.3, 0.4) is 0 Å². The largest absolute Gasteiger partial charge is 0.394 e. The average molecular weight is 270 g/mol.